The third-order valence-corrected chi connectivity index (χ3v) is 4.28. The SMILES string of the molecule is CCCC(CN)N1CCN(c2nc3ccccc3o2)CC1. The second-order valence-electron chi connectivity index (χ2n) is 5.67. The summed E-state index contributed by atoms with van der Waals surface area (Å²) in [6, 6.07) is 9.18. The van der Waals surface area contributed by atoms with Crippen molar-refractivity contribution >= 4 is 17.1 Å². The number of aromatic nitrogens is 1. The first-order valence-corrected chi connectivity index (χ1v) is 7.86. The van der Waals surface area contributed by atoms with Crippen LogP contribution in [0.25, 0.3) is 11.1 Å². The third kappa shape index (κ3) is 3.04. The summed E-state index contributed by atoms with van der Waals surface area (Å²) < 4.78 is 5.85. The van der Waals surface area contributed by atoms with Gasteiger partial charge in [-0.15, -0.1) is 0 Å². The quantitative estimate of drug-likeness (QED) is 0.913. The minimum absolute atomic E-state index is 0.515. The van der Waals surface area contributed by atoms with Crippen LogP contribution in [-0.2, 0) is 0 Å². The monoisotopic (exact) mass is 288 g/mol. The highest BCUT2D eigenvalue weighted by Gasteiger charge is 2.24. The number of nitrogens with two attached hydrogens (primary N) is 1. The maximum Gasteiger partial charge on any atom is 0.298 e. The van der Waals surface area contributed by atoms with E-state index < -0.39 is 0 Å². The molecule has 0 spiro atoms. The van der Waals surface area contributed by atoms with Crippen molar-refractivity contribution in [1.29, 1.82) is 0 Å². The molecule has 2 N–H and O–H groups in total. The number of nitrogens with zero attached hydrogens (tertiary/aromatic N) is 3. The van der Waals surface area contributed by atoms with Gasteiger partial charge in [0.05, 0.1) is 0 Å². The van der Waals surface area contributed by atoms with E-state index in [-0.39, 0.29) is 0 Å². The molecule has 1 atom stereocenters. The normalized spacial score (nSPS) is 18.3. The highest BCUT2D eigenvalue weighted by Crippen LogP contribution is 2.23. The minimum atomic E-state index is 0.515. The van der Waals surface area contributed by atoms with Crippen LogP contribution < -0.4 is 10.6 Å². The standard InChI is InChI=1S/C16H24N4O/c1-2-5-13(12-17)19-8-10-20(11-9-19)16-18-14-6-3-4-7-15(14)21-16/h3-4,6-7,13H,2,5,8-12,17H2,1H3. The lowest BCUT2D eigenvalue weighted by Crippen LogP contribution is -2.52. The molecule has 3 rings (SSSR count). The molecule has 2 heterocycles. The van der Waals surface area contributed by atoms with E-state index in [0.717, 1.165) is 49.8 Å². The first-order valence-electron chi connectivity index (χ1n) is 7.86. The van der Waals surface area contributed by atoms with Crippen molar-refractivity contribution < 1.29 is 4.42 Å². The van der Waals surface area contributed by atoms with Gasteiger partial charge in [0, 0.05) is 38.8 Å². The fourth-order valence-corrected chi connectivity index (χ4v) is 3.06. The summed E-state index contributed by atoms with van der Waals surface area (Å²) in [7, 11) is 0. The summed E-state index contributed by atoms with van der Waals surface area (Å²) in [5.41, 5.74) is 7.69. The van der Waals surface area contributed by atoms with E-state index >= 15 is 0 Å². The van der Waals surface area contributed by atoms with Crippen molar-refractivity contribution in [2.24, 2.45) is 5.73 Å². The van der Waals surface area contributed by atoms with Gasteiger partial charge in [-0.1, -0.05) is 25.5 Å². The molecule has 5 heteroatoms. The molecule has 0 bridgehead atoms. The predicted molar refractivity (Wildman–Crippen MR) is 85.5 cm³/mol. The predicted octanol–water partition coefficient (Wildman–Crippen LogP) is 2.08. The van der Waals surface area contributed by atoms with Gasteiger partial charge in [0.25, 0.3) is 6.01 Å². The zero-order valence-electron chi connectivity index (χ0n) is 12.7. The molecule has 1 aromatic carbocycles. The van der Waals surface area contributed by atoms with Gasteiger partial charge in [-0.2, -0.15) is 4.98 Å². The highest BCUT2D eigenvalue weighted by molar-refractivity contribution is 5.74. The fraction of sp³-hybridized carbons (Fsp3) is 0.562. The molecule has 114 valence electrons. The Morgan fingerprint density at radius 2 is 2.00 bits per heavy atom. The summed E-state index contributed by atoms with van der Waals surface area (Å²) in [4.78, 5) is 9.31. The Labute approximate surface area is 125 Å². The van der Waals surface area contributed by atoms with Crippen LogP contribution in [0, 0.1) is 0 Å². The number of rotatable bonds is 5. The second kappa shape index (κ2) is 6.45. The number of anilines is 1. The molecule has 0 radical (unpaired) electrons. The van der Waals surface area contributed by atoms with Gasteiger partial charge in [-0.3, -0.25) is 4.90 Å². The Balaban J connectivity index is 1.65. The Morgan fingerprint density at radius 3 is 2.67 bits per heavy atom. The minimum Gasteiger partial charge on any atom is -0.423 e. The first kappa shape index (κ1) is 14.4. The van der Waals surface area contributed by atoms with Crippen LogP contribution in [0.1, 0.15) is 19.8 Å². The van der Waals surface area contributed by atoms with Crippen LogP contribution in [0.4, 0.5) is 6.01 Å². The van der Waals surface area contributed by atoms with Gasteiger partial charge in [-0.05, 0) is 18.6 Å². The van der Waals surface area contributed by atoms with E-state index in [0.29, 0.717) is 6.04 Å². The highest BCUT2D eigenvalue weighted by atomic mass is 16.4. The van der Waals surface area contributed by atoms with Crippen molar-refractivity contribution in [3.05, 3.63) is 24.3 Å². The molecule has 0 saturated carbocycles. The van der Waals surface area contributed by atoms with Crippen LogP contribution in [-0.4, -0.2) is 48.6 Å². The van der Waals surface area contributed by atoms with E-state index in [1.54, 1.807) is 0 Å². The van der Waals surface area contributed by atoms with Crippen molar-refractivity contribution in [3.8, 4) is 0 Å². The van der Waals surface area contributed by atoms with Gasteiger partial charge in [0.1, 0.15) is 5.52 Å². The van der Waals surface area contributed by atoms with E-state index in [1.807, 2.05) is 24.3 Å². The van der Waals surface area contributed by atoms with Gasteiger partial charge in [-0.25, -0.2) is 0 Å². The molecule has 2 aromatic rings. The van der Waals surface area contributed by atoms with Gasteiger partial charge in [0.15, 0.2) is 5.58 Å². The third-order valence-electron chi connectivity index (χ3n) is 4.28. The topological polar surface area (TPSA) is 58.5 Å². The molecular formula is C16H24N4O. The van der Waals surface area contributed by atoms with E-state index in [4.69, 9.17) is 10.2 Å². The summed E-state index contributed by atoms with van der Waals surface area (Å²) in [5.74, 6) is 0. The molecule has 1 saturated heterocycles. The molecule has 5 nitrogen and oxygen atoms in total. The average Bonchev–Trinajstić information content (AvgIpc) is 2.97. The summed E-state index contributed by atoms with van der Waals surface area (Å²) in [6.07, 6.45) is 2.37. The fourth-order valence-electron chi connectivity index (χ4n) is 3.06. The lowest BCUT2D eigenvalue weighted by Gasteiger charge is -2.38. The Morgan fingerprint density at radius 1 is 1.24 bits per heavy atom. The van der Waals surface area contributed by atoms with E-state index in [1.165, 1.54) is 12.8 Å². The van der Waals surface area contributed by atoms with Crippen LogP contribution >= 0.6 is 0 Å². The molecule has 1 aliphatic heterocycles. The number of hydrogen-bond acceptors (Lipinski definition) is 5. The molecule has 1 aromatic heterocycles. The van der Waals surface area contributed by atoms with Crippen LogP contribution in [0.2, 0.25) is 0 Å². The Hall–Kier alpha value is -1.59. The molecule has 1 fully saturated rings. The molecule has 1 unspecified atom stereocenters. The second-order valence-corrected chi connectivity index (χ2v) is 5.67. The van der Waals surface area contributed by atoms with Crippen molar-refractivity contribution in [1.82, 2.24) is 9.88 Å². The first-order chi connectivity index (χ1) is 10.3. The lowest BCUT2D eigenvalue weighted by molar-refractivity contribution is 0.177. The summed E-state index contributed by atoms with van der Waals surface area (Å²) in [5, 5.41) is 0. The van der Waals surface area contributed by atoms with Crippen molar-refractivity contribution in [2.45, 2.75) is 25.8 Å². The van der Waals surface area contributed by atoms with Crippen LogP contribution in [0.5, 0.6) is 0 Å². The summed E-state index contributed by atoms with van der Waals surface area (Å²) >= 11 is 0. The zero-order chi connectivity index (χ0) is 14.7. The van der Waals surface area contributed by atoms with E-state index in [9.17, 15) is 0 Å². The number of para-hydroxylation sites is 2. The van der Waals surface area contributed by atoms with Crippen molar-refractivity contribution in [2.75, 3.05) is 37.6 Å². The number of benzene rings is 1. The van der Waals surface area contributed by atoms with E-state index in [2.05, 4.69) is 21.7 Å². The van der Waals surface area contributed by atoms with Crippen LogP contribution in [0.3, 0.4) is 0 Å². The average molecular weight is 288 g/mol. The maximum atomic E-state index is 5.90. The maximum absolute atomic E-state index is 5.90. The number of hydrogen-bond donors (Lipinski definition) is 1. The largest absolute Gasteiger partial charge is 0.423 e. The zero-order valence-corrected chi connectivity index (χ0v) is 12.7. The van der Waals surface area contributed by atoms with Crippen LogP contribution in [0.15, 0.2) is 28.7 Å². The molecule has 1 aliphatic rings. The van der Waals surface area contributed by atoms with Gasteiger partial charge < -0.3 is 15.1 Å². The van der Waals surface area contributed by atoms with Crippen molar-refractivity contribution in [3.63, 3.8) is 0 Å². The smallest absolute Gasteiger partial charge is 0.298 e. The number of fused-ring (bicyclic) bond motifs is 1. The molecule has 0 aliphatic carbocycles. The Bertz CT molecular complexity index is 541. The number of oxazole rings is 1. The molecule has 0 amide bonds. The molecular weight excluding hydrogens is 264 g/mol. The lowest BCUT2D eigenvalue weighted by atomic mass is 10.1. The summed E-state index contributed by atoms with van der Waals surface area (Å²) in [6.45, 7) is 6.93. The van der Waals surface area contributed by atoms with Gasteiger partial charge >= 0.3 is 0 Å². The van der Waals surface area contributed by atoms with Gasteiger partial charge in [0.2, 0.25) is 0 Å². The Kier molecular flexibility index (Phi) is 4.41. The molecule has 21 heavy (non-hydrogen) atoms. The number of piperazine rings is 1.